The van der Waals surface area contributed by atoms with Crippen LogP contribution in [0.25, 0.3) is 11.1 Å². The summed E-state index contributed by atoms with van der Waals surface area (Å²) in [6.07, 6.45) is 1.37. The van der Waals surface area contributed by atoms with Crippen LogP contribution in [0.3, 0.4) is 0 Å². The zero-order valence-electron chi connectivity index (χ0n) is 10.3. The van der Waals surface area contributed by atoms with Crippen molar-refractivity contribution in [3.05, 3.63) is 34.3 Å². The van der Waals surface area contributed by atoms with E-state index in [9.17, 15) is 4.79 Å². The van der Waals surface area contributed by atoms with Crippen molar-refractivity contribution in [3.8, 4) is 6.07 Å². The van der Waals surface area contributed by atoms with Gasteiger partial charge in [-0.05, 0) is 30.7 Å². The summed E-state index contributed by atoms with van der Waals surface area (Å²) in [5.74, 6) is -0.339. The number of nitrogens with zero attached hydrogens (tertiary/aromatic N) is 2. The quantitative estimate of drug-likeness (QED) is 0.803. The lowest BCUT2D eigenvalue weighted by molar-refractivity contribution is 0.527. The second-order valence-electron chi connectivity index (χ2n) is 4.14. The average molecular weight is 245 g/mol. The lowest BCUT2D eigenvalue weighted by atomic mass is 10.1. The number of hydrogen-bond donors (Lipinski definition) is 1. The molecular weight excluding hydrogens is 230 g/mol. The van der Waals surface area contributed by atoms with Crippen LogP contribution in [0.1, 0.15) is 12.0 Å². The highest BCUT2D eigenvalue weighted by atomic mass is 16.4. The molecule has 0 saturated carbocycles. The lowest BCUT2D eigenvalue weighted by Gasteiger charge is -2.02. The summed E-state index contributed by atoms with van der Waals surface area (Å²) >= 11 is 0. The van der Waals surface area contributed by atoms with E-state index in [1.54, 1.807) is 7.05 Å². The van der Waals surface area contributed by atoms with Crippen LogP contribution >= 0.6 is 0 Å². The Bertz CT molecular complexity index is 634. The van der Waals surface area contributed by atoms with Gasteiger partial charge in [-0.1, -0.05) is 6.07 Å². The fourth-order valence-corrected chi connectivity index (χ4v) is 1.84. The minimum Gasteiger partial charge on any atom is -0.408 e. The van der Waals surface area contributed by atoms with E-state index in [1.165, 1.54) is 4.57 Å². The van der Waals surface area contributed by atoms with Gasteiger partial charge in [-0.25, -0.2) is 4.79 Å². The zero-order chi connectivity index (χ0) is 13.0. The maximum atomic E-state index is 11.3. The van der Waals surface area contributed by atoms with Crippen molar-refractivity contribution in [3.63, 3.8) is 0 Å². The molecule has 0 aliphatic heterocycles. The summed E-state index contributed by atoms with van der Waals surface area (Å²) in [5, 5.41) is 11.6. The number of hydrogen-bond acceptors (Lipinski definition) is 4. The van der Waals surface area contributed by atoms with Gasteiger partial charge in [0.25, 0.3) is 0 Å². The Hall–Kier alpha value is -2.06. The molecule has 94 valence electrons. The van der Waals surface area contributed by atoms with Crippen molar-refractivity contribution < 1.29 is 4.42 Å². The molecule has 1 aromatic carbocycles. The Morgan fingerprint density at radius 3 is 3.06 bits per heavy atom. The molecule has 0 aliphatic rings. The SMILES string of the molecule is Cn1c(=O)oc2cc(CCNCCC#N)ccc21. The summed E-state index contributed by atoms with van der Waals surface area (Å²) < 4.78 is 6.62. The monoisotopic (exact) mass is 245 g/mol. The molecule has 0 atom stereocenters. The van der Waals surface area contributed by atoms with Gasteiger partial charge in [0.2, 0.25) is 0 Å². The molecule has 1 N–H and O–H groups in total. The molecule has 5 heteroatoms. The number of aromatic nitrogens is 1. The normalized spacial score (nSPS) is 10.7. The van der Waals surface area contributed by atoms with Crippen molar-refractivity contribution in [2.24, 2.45) is 7.05 Å². The van der Waals surface area contributed by atoms with E-state index in [-0.39, 0.29) is 5.76 Å². The Balaban J connectivity index is 2.02. The Kier molecular flexibility index (Phi) is 3.80. The molecule has 1 heterocycles. The third kappa shape index (κ3) is 2.60. The van der Waals surface area contributed by atoms with Crippen LogP contribution in [0.4, 0.5) is 0 Å². The first-order valence-electron chi connectivity index (χ1n) is 5.88. The summed E-state index contributed by atoms with van der Waals surface area (Å²) in [6, 6.07) is 7.86. The van der Waals surface area contributed by atoms with E-state index in [0.717, 1.165) is 24.0 Å². The molecule has 0 saturated heterocycles. The van der Waals surface area contributed by atoms with Crippen LogP contribution in [-0.2, 0) is 13.5 Å². The first-order chi connectivity index (χ1) is 8.72. The summed E-state index contributed by atoms with van der Waals surface area (Å²) in [5.41, 5.74) is 2.54. The number of rotatable bonds is 5. The van der Waals surface area contributed by atoms with E-state index >= 15 is 0 Å². The van der Waals surface area contributed by atoms with Gasteiger partial charge in [-0.2, -0.15) is 5.26 Å². The molecule has 0 bridgehead atoms. The number of fused-ring (bicyclic) bond motifs is 1. The fraction of sp³-hybridized carbons (Fsp3) is 0.385. The third-order valence-electron chi connectivity index (χ3n) is 2.86. The smallest absolute Gasteiger partial charge is 0.408 e. The molecule has 0 spiro atoms. The maximum Gasteiger partial charge on any atom is 0.419 e. The molecule has 0 unspecified atom stereocenters. The van der Waals surface area contributed by atoms with Gasteiger partial charge >= 0.3 is 5.76 Å². The molecule has 2 aromatic rings. The number of benzene rings is 1. The maximum absolute atomic E-state index is 11.3. The second-order valence-corrected chi connectivity index (χ2v) is 4.14. The third-order valence-corrected chi connectivity index (χ3v) is 2.86. The molecule has 2 rings (SSSR count). The first kappa shape index (κ1) is 12.4. The minimum atomic E-state index is -0.339. The number of aryl methyl sites for hydroxylation is 1. The lowest BCUT2D eigenvalue weighted by Crippen LogP contribution is -2.18. The van der Waals surface area contributed by atoms with E-state index in [0.29, 0.717) is 18.5 Å². The Morgan fingerprint density at radius 2 is 2.28 bits per heavy atom. The molecule has 0 fully saturated rings. The van der Waals surface area contributed by atoms with Gasteiger partial charge in [-0.15, -0.1) is 0 Å². The first-order valence-corrected chi connectivity index (χ1v) is 5.88. The van der Waals surface area contributed by atoms with Crippen molar-refractivity contribution in [2.75, 3.05) is 13.1 Å². The molecule has 5 nitrogen and oxygen atoms in total. The van der Waals surface area contributed by atoms with Crippen LogP contribution in [0.15, 0.2) is 27.4 Å². The minimum absolute atomic E-state index is 0.339. The van der Waals surface area contributed by atoms with Gasteiger partial charge in [0.05, 0.1) is 11.6 Å². The van der Waals surface area contributed by atoms with Crippen LogP contribution in [0.5, 0.6) is 0 Å². The molecule has 0 aliphatic carbocycles. The Labute approximate surface area is 105 Å². The van der Waals surface area contributed by atoms with E-state index < -0.39 is 0 Å². The van der Waals surface area contributed by atoms with Gasteiger partial charge < -0.3 is 9.73 Å². The molecular formula is C13H15N3O2. The van der Waals surface area contributed by atoms with E-state index in [1.807, 2.05) is 18.2 Å². The van der Waals surface area contributed by atoms with Gasteiger partial charge in [0, 0.05) is 20.0 Å². The Morgan fingerprint density at radius 1 is 1.44 bits per heavy atom. The number of nitriles is 1. The highest BCUT2D eigenvalue weighted by Gasteiger charge is 2.05. The van der Waals surface area contributed by atoms with Crippen LogP contribution in [0.2, 0.25) is 0 Å². The van der Waals surface area contributed by atoms with Crippen LogP contribution in [-0.4, -0.2) is 17.7 Å². The van der Waals surface area contributed by atoms with Gasteiger partial charge in [0.1, 0.15) is 0 Å². The number of nitrogens with one attached hydrogen (secondary N) is 1. The number of oxazole rings is 1. The highest BCUT2D eigenvalue weighted by molar-refractivity contribution is 5.73. The molecule has 0 radical (unpaired) electrons. The summed E-state index contributed by atoms with van der Waals surface area (Å²) in [7, 11) is 1.69. The van der Waals surface area contributed by atoms with Crippen molar-refractivity contribution in [2.45, 2.75) is 12.8 Å². The molecule has 0 amide bonds. The van der Waals surface area contributed by atoms with Crippen LogP contribution < -0.4 is 11.1 Å². The molecule has 1 aromatic heterocycles. The topological polar surface area (TPSA) is 71.0 Å². The largest absolute Gasteiger partial charge is 0.419 e. The summed E-state index contributed by atoms with van der Waals surface area (Å²) in [4.78, 5) is 11.3. The van der Waals surface area contributed by atoms with Gasteiger partial charge in [0.15, 0.2) is 5.58 Å². The van der Waals surface area contributed by atoms with E-state index in [4.69, 9.17) is 9.68 Å². The van der Waals surface area contributed by atoms with Crippen molar-refractivity contribution in [1.29, 1.82) is 5.26 Å². The predicted octanol–water partition coefficient (Wildman–Crippen LogP) is 1.18. The zero-order valence-corrected chi connectivity index (χ0v) is 10.3. The predicted molar refractivity (Wildman–Crippen MR) is 68.3 cm³/mol. The average Bonchev–Trinajstić information content (AvgIpc) is 2.65. The van der Waals surface area contributed by atoms with Crippen molar-refractivity contribution >= 4 is 11.1 Å². The van der Waals surface area contributed by atoms with Gasteiger partial charge in [-0.3, -0.25) is 4.57 Å². The fourth-order valence-electron chi connectivity index (χ4n) is 1.84. The standard InChI is InChI=1S/C13H15N3O2/c1-16-11-4-3-10(5-8-15-7-2-6-14)9-12(11)18-13(16)17/h3-4,9,15H,2,5,7-8H2,1H3. The molecule has 18 heavy (non-hydrogen) atoms. The van der Waals surface area contributed by atoms with Crippen molar-refractivity contribution in [1.82, 2.24) is 9.88 Å². The summed E-state index contributed by atoms with van der Waals surface area (Å²) in [6.45, 7) is 1.52. The van der Waals surface area contributed by atoms with E-state index in [2.05, 4.69) is 11.4 Å². The highest BCUT2D eigenvalue weighted by Crippen LogP contribution is 2.14. The second kappa shape index (κ2) is 5.52. The van der Waals surface area contributed by atoms with Crippen LogP contribution in [0, 0.1) is 11.3 Å².